The van der Waals surface area contributed by atoms with Gasteiger partial charge in [0.15, 0.2) is 0 Å². The minimum absolute atomic E-state index is 0.518. The van der Waals surface area contributed by atoms with Crippen LogP contribution in [0.1, 0.15) is 38.7 Å². The lowest BCUT2D eigenvalue weighted by atomic mass is 9.86. The van der Waals surface area contributed by atoms with E-state index in [2.05, 4.69) is 19.2 Å². The Balaban J connectivity index is 2.17. The van der Waals surface area contributed by atoms with Gasteiger partial charge in [-0.05, 0) is 55.0 Å². The molecule has 1 fully saturated rings. The van der Waals surface area contributed by atoms with Crippen LogP contribution in [-0.2, 0) is 6.42 Å². The lowest BCUT2D eigenvalue weighted by Crippen LogP contribution is -2.39. The van der Waals surface area contributed by atoms with Gasteiger partial charge in [-0.1, -0.05) is 38.3 Å². The molecular formula is C17H26ClNO. The van der Waals surface area contributed by atoms with E-state index >= 15 is 0 Å². The topological polar surface area (TPSA) is 21.3 Å². The summed E-state index contributed by atoms with van der Waals surface area (Å²) in [6, 6.07) is 6.43. The Bertz CT molecular complexity index is 435. The van der Waals surface area contributed by atoms with Crippen LogP contribution < -0.4 is 10.1 Å². The van der Waals surface area contributed by atoms with Crippen molar-refractivity contribution < 1.29 is 4.74 Å². The zero-order valence-electron chi connectivity index (χ0n) is 12.8. The highest BCUT2D eigenvalue weighted by molar-refractivity contribution is 6.30. The molecule has 3 atom stereocenters. The second kappa shape index (κ2) is 7.33. The molecule has 2 rings (SSSR count). The molecule has 0 spiro atoms. The second-order valence-electron chi connectivity index (χ2n) is 5.90. The third-order valence-corrected chi connectivity index (χ3v) is 4.83. The monoisotopic (exact) mass is 295 g/mol. The van der Waals surface area contributed by atoms with Crippen molar-refractivity contribution in [1.82, 2.24) is 5.32 Å². The average Bonchev–Trinajstić information content (AvgIpc) is 2.85. The van der Waals surface area contributed by atoms with Gasteiger partial charge in [-0.3, -0.25) is 0 Å². The maximum atomic E-state index is 6.15. The molecule has 1 aliphatic rings. The Kier molecular flexibility index (Phi) is 5.74. The zero-order chi connectivity index (χ0) is 14.5. The highest BCUT2D eigenvalue weighted by Gasteiger charge is 2.30. The molecule has 1 aromatic carbocycles. The Morgan fingerprint density at radius 1 is 1.40 bits per heavy atom. The average molecular weight is 296 g/mol. The van der Waals surface area contributed by atoms with E-state index in [0.717, 1.165) is 35.6 Å². The van der Waals surface area contributed by atoms with Crippen molar-refractivity contribution in [3.63, 3.8) is 0 Å². The van der Waals surface area contributed by atoms with Gasteiger partial charge in [-0.2, -0.15) is 0 Å². The summed E-state index contributed by atoms with van der Waals surface area (Å²) in [6.07, 6.45) is 5.05. The third-order valence-electron chi connectivity index (χ3n) is 4.59. The van der Waals surface area contributed by atoms with E-state index in [1.54, 1.807) is 7.11 Å². The Labute approximate surface area is 127 Å². The van der Waals surface area contributed by atoms with Crippen LogP contribution in [0, 0.1) is 11.8 Å². The second-order valence-corrected chi connectivity index (χ2v) is 6.33. The van der Waals surface area contributed by atoms with E-state index < -0.39 is 0 Å². The van der Waals surface area contributed by atoms with Crippen molar-refractivity contribution in [3.05, 3.63) is 28.8 Å². The quantitative estimate of drug-likeness (QED) is 0.844. The summed E-state index contributed by atoms with van der Waals surface area (Å²) < 4.78 is 5.48. The molecule has 1 aliphatic carbocycles. The summed E-state index contributed by atoms with van der Waals surface area (Å²) in [4.78, 5) is 0. The number of likely N-dealkylation sites (N-methyl/N-ethyl adjacent to an activating group) is 1. The van der Waals surface area contributed by atoms with Crippen LogP contribution in [0.25, 0.3) is 0 Å². The van der Waals surface area contributed by atoms with Crippen molar-refractivity contribution in [2.24, 2.45) is 11.8 Å². The highest BCUT2D eigenvalue weighted by atomic mass is 35.5. The van der Waals surface area contributed by atoms with Gasteiger partial charge in [0.2, 0.25) is 0 Å². The van der Waals surface area contributed by atoms with Gasteiger partial charge < -0.3 is 10.1 Å². The summed E-state index contributed by atoms with van der Waals surface area (Å²) in [5.41, 5.74) is 1.21. The van der Waals surface area contributed by atoms with Crippen LogP contribution in [0.5, 0.6) is 5.75 Å². The molecule has 1 N–H and O–H groups in total. The Hall–Kier alpha value is -0.730. The molecule has 3 heteroatoms. The largest absolute Gasteiger partial charge is 0.496 e. The summed E-state index contributed by atoms with van der Waals surface area (Å²) in [5, 5.41) is 4.46. The number of ether oxygens (including phenoxy) is 1. The number of hydrogen-bond donors (Lipinski definition) is 1. The fourth-order valence-corrected chi connectivity index (χ4v) is 3.75. The maximum Gasteiger partial charge on any atom is 0.122 e. The molecular weight excluding hydrogens is 270 g/mol. The van der Waals surface area contributed by atoms with Crippen LogP contribution in [0.4, 0.5) is 0 Å². The van der Waals surface area contributed by atoms with Gasteiger partial charge in [0.05, 0.1) is 7.11 Å². The predicted molar refractivity (Wildman–Crippen MR) is 85.7 cm³/mol. The molecule has 0 amide bonds. The van der Waals surface area contributed by atoms with Gasteiger partial charge in [-0.25, -0.2) is 0 Å². The Morgan fingerprint density at radius 3 is 2.80 bits per heavy atom. The third kappa shape index (κ3) is 3.67. The SMILES string of the molecule is CCNC(Cc1cc(Cl)ccc1OC)C1CCCC1C. The lowest BCUT2D eigenvalue weighted by Gasteiger charge is -2.28. The first-order chi connectivity index (χ1) is 9.65. The van der Waals surface area contributed by atoms with Crippen LogP contribution in [-0.4, -0.2) is 19.7 Å². The highest BCUT2D eigenvalue weighted by Crippen LogP contribution is 2.36. The molecule has 0 heterocycles. The number of rotatable bonds is 6. The number of benzene rings is 1. The minimum Gasteiger partial charge on any atom is -0.496 e. The van der Waals surface area contributed by atoms with Crippen molar-refractivity contribution >= 4 is 11.6 Å². The molecule has 3 unspecified atom stereocenters. The van der Waals surface area contributed by atoms with Crippen molar-refractivity contribution in [2.45, 2.75) is 45.6 Å². The number of nitrogens with one attached hydrogen (secondary N) is 1. The van der Waals surface area contributed by atoms with E-state index in [-0.39, 0.29) is 0 Å². The standard InChI is InChI=1S/C17H26ClNO/c1-4-19-16(15-7-5-6-12(15)2)11-13-10-14(18)8-9-17(13)20-3/h8-10,12,15-16,19H,4-7,11H2,1-3H3. The van der Waals surface area contributed by atoms with Gasteiger partial charge in [0, 0.05) is 11.1 Å². The van der Waals surface area contributed by atoms with Crippen LogP contribution in [0.15, 0.2) is 18.2 Å². The lowest BCUT2D eigenvalue weighted by molar-refractivity contribution is 0.296. The Morgan fingerprint density at radius 2 is 2.20 bits per heavy atom. The molecule has 112 valence electrons. The fraction of sp³-hybridized carbons (Fsp3) is 0.647. The zero-order valence-corrected chi connectivity index (χ0v) is 13.5. The van der Waals surface area contributed by atoms with Crippen molar-refractivity contribution in [3.8, 4) is 5.75 Å². The maximum absolute atomic E-state index is 6.15. The normalized spacial score (nSPS) is 23.8. The van der Waals surface area contributed by atoms with Gasteiger partial charge >= 0.3 is 0 Å². The van der Waals surface area contributed by atoms with E-state index in [0.29, 0.717) is 6.04 Å². The molecule has 0 saturated heterocycles. The first-order valence-electron chi connectivity index (χ1n) is 7.71. The summed E-state index contributed by atoms with van der Waals surface area (Å²) >= 11 is 6.15. The first-order valence-corrected chi connectivity index (χ1v) is 8.09. The van der Waals surface area contributed by atoms with Crippen LogP contribution in [0.2, 0.25) is 5.02 Å². The van der Waals surface area contributed by atoms with Gasteiger partial charge in [0.1, 0.15) is 5.75 Å². The minimum atomic E-state index is 0.518. The summed E-state index contributed by atoms with van der Waals surface area (Å²) in [5.74, 6) is 2.52. The summed E-state index contributed by atoms with van der Waals surface area (Å²) in [7, 11) is 1.73. The molecule has 0 aromatic heterocycles. The predicted octanol–water partition coefficient (Wildman–Crippen LogP) is 4.31. The molecule has 0 bridgehead atoms. The molecule has 1 saturated carbocycles. The number of methoxy groups -OCH3 is 1. The molecule has 2 nitrogen and oxygen atoms in total. The number of hydrogen-bond acceptors (Lipinski definition) is 2. The number of halogens is 1. The smallest absolute Gasteiger partial charge is 0.122 e. The molecule has 20 heavy (non-hydrogen) atoms. The summed E-state index contributed by atoms with van der Waals surface area (Å²) in [6.45, 7) is 5.58. The van der Waals surface area contributed by atoms with Gasteiger partial charge in [0.25, 0.3) is 0 Å². The van der Waals surface area contributed by atoms with E-state index in [1.165, 1.54) is 24.8 Å². The fourth-order valence-electron chi connectivity index (χ4n) is 3.55. The molecule has 0 radical (unpaired) electrons. The van der Waals surface area contributed by atoms with E-state index in [4.69, 9.17) is 16.3 Å². The molecule has 0 aliphatic heterocycles. The van der Waals surface area contributed by atoms with Crippen molar-refractivity contribution in [2.75, 3.05) is 13.7 Å². The van der Waals surface area contributed by atoms with E-state index in [9.17, 15) is 0 Å². The van der Waals surface area contributed by atoms with Crippen LogP contribution in [0.3, 0.4) is 0 Å². The van der Waals surface area contributed by atoms with Crippen LogP contribution >= 0.6 is 11.6 Å². The van der Waals surface area contributed by atoms with E-state index in [1.807, 2.05) is 18.2 Å². The van der Waals surface area contributed by atoms with Gasteiger partial charge in [-0.15, -0.1) is 0 Å². The van der Waals surface area contributed by atoms with Crippen molar-refractivity contribution in [1.29, 1.82) is 0 Å². The first kappa shape index (κ1) is 15.7. The molecule has 1 aromatic rings.